The van der Waals surface area contributed by atoms with E-state index < -0.39 is 29.7 Å². The molecule has 0 aromatic heterocycles. The highest BCUT2D eigenvalue weighted by Crippen LogP contribution is 2.08. The van der Waals surface area contributed by atoms with Crippen LogP contribution >= 0.6 is 0 Å². The van der Waals surface area contributed by atoms with Gasteiger partial charge < -0.3 is 16.8 Å². The van der Waals surface area contributed by atoms with E-state index in [0.717, 1.165) is 17.1 Å². The van der Waals surface area contributed by atoms with E-state index in [9.17, 15) is 19.2 Å². The lowest BCUT2D eigenvalue weighted by molar-refractivity contribution is -0.145. The maximum atomic E-state index is 11.7. The van der Waals surface area contributed by atoms with Crippen LogP contribution in [-0.4, -0.2) is 47.7 Å². The molecule has 1 aliphatic rings. The highest BCUT2D eigenvalue weighted by atomic mass is 16.2. The molecule has 98 valence electrons. The maximum Gasteiger partial charge on any atom is 0.254 e. The van der Waals surface area contributed by atoms with Gasteiger partial charge in [0.2, 0.25) is 11.8 Å². The van der Waals surface area contributed by atoms with Gasteiger partial charge >= 0.3 is 0 Å². The van der Waals surface area contributed by atoms with Crippen molar-refractivity contribution < 1.29 is 19.2 Å². The number of rotatable bonds is 6. The molecule has 0 aromatic carbocycles. The second-order valence-electron chi connectivity index (χ2n) is 3.64. The van der Waals surface area contributed by atoms with Crippen LogP contribution in [-0.2, 0) is 19.2 Å². The predicted octanol–water partition coefficient (Wildman–Crippen LogP) is -2.77. The summed E-state index contributed by atoms with van der Waals surface area (Å²) in [7, 11) is 0. The van der Waals surface area contributed by atoms with Crippen LogP contribution in [0, 0.1) is 0 Å². The number of hydrogen-bond acceptors (Lipinski definition) is 5. The average Bonchev–Trinajstić information content (AvgIpc) is 2.61. The van der Waals surface area contributed by atoms with E-state index in [-0.39, 0.29) is 19.5 Å². The second-order valence-corrected chi connectivity index (χ2v) is 3.64. The van der Waals surface area contributed by atoms with Gasteiger partial charge in [-0.2, -0.15) is 0 Å². The minimum absolute atomic E-state index is 0.0246. The van der Waals surface area contributed by atoms with E-state index in [1.807, 2.05) is 0 Å². The van der Waals surface area contributed by atoms with Crippen molar-refractivity contribution in [2.75, 3.05) is 13.1 Å². The van der Waals surface area contributed by atoms with Crippen LogP contribution in [0.15, 0.2) is 12.2 Å². The van der Waals surface area contributed by atoms with Gasteiger partial charge in [0, 0.05) is 31.7 Å². The molecule has 5 N–H and O–H groups in total. The van der Waals surface area contributed by atoms with E-state index in [2.05, 4.69) is 5.32 Å². The standard InChI is InChI=1S/C10H14N4O4/c11-5-6(10(18)13-4-3-7(12)15)14-8(16)1-2-9(14)17/h1-2,6H,3-5,11H2,(H2,12,15)(H,13,18). The van der Waals surface area contributed by atoms with Gasteiger partial charge in [0.05, 0.1) is 0 Å². The number of carbonyl (C=O) groups is 4. The van der Waals surface area contributed by atoms with E-state index in [0.29, 0.717) is 0 Å². The molecule has 0 aliphatic carbocycles. The molecule has 0 aromatic rings. The fourth-order valence-corrected chi connectivity index (χ4v) is 1.48. The van der Waals surface area contributed by atoms with Gasteiger partial charge in [-0.05, 0) is 0 Å². The third-order valence-corrected chi connectivity index (χ3v) is 2.35. The monoisotopic (exact) mass is 254 g/mol. The van der Waals surface area contributed by atoms with Gasteiger partial charge in [0.25, 0.3) is 11.8 Å². The Morgan fingerprint density at radius 2 is 1.83 bits per heavy atom. The quantitative estimate of drug-likeness (QED) is 0.441. The fraction of sp³-hybridized carbons (Fsp3) is 0.400. The van der Waals surface area contributed by atoms with Gasteiger partial charge in [-0.25, -0.2) is 0 Å². The highest BCUT2D eigenvalue weighted by molar-refractivity contribution is 6.15. The first kappa shape index (κ1) is 13.8. The van der Waals surface area contributed by atoms with Crippen LogP contribution < -0.4 is 16.8 Å². The zero-order valence-electron chi connectivity index (χ0n) is 9.59. The normalized spacial score (nSPS) is 15.9. The number of nitrogens with one attached hydrogen (secondary N) is 1. The molecule has 1 aliphatic heterocycles. The van der Waals surface area contributed by atoms with Gasteiger partial charge in [0.15, 0.2) is 0 Å². The maximum absolute atomic E-state index is 11.7. The highest BCUT2D eigenvalue weighted by Gasteiger charge is 2.34. The Morgan fingerprint density at radius 3 is 2.28 bits per heavy atom. The molecule has 0 bridgehead atoms. The number of nitrogens with zero attached hydrogens (tertiary/aromatic N) is 1. The third-order valence-electron chi connectivity index (χ3n) is 2.35. The Kier molecular flexibility index (Phi) is 4.55. The molecule has 0 radical (unpaired) electrons. The van der Waals surface area contributed by atoms with Crippen molar-refractivity contribution >= 4 is 23.6 Å². The van der Waals surface area contributed by atoms with E-state index in [1.165, 1.54) is 0 Å². The first-order chi connectivity index (χ1) is 8.47. The van der Waals surface area contributed by atoms with Gasteiger partial charge in [-0.1, -0.05) is 0 Å². The fourth-order valence-electron chi connectivity index (χ4n) is 1.48. The lowest BCUT2D eigenvalue weighted by atomic mass is 10.2. The van der Waals surface area contributed by atoms with Crippen LogP contribution in [0.5, 0.6) is 0 Å². The smallest absolute Gasteiger partial charge is 0.254 e. The summed E-state index contributed by atoms with van der Waals surface area (Å²) in [5.74, 6) is -2.32. The summed E-state index contributed by atoms with van der Waals surface area (Å²) in [4.78, 5) is 45.8. The van der Waals surface area contributed by atoms with Gasteiger partial charge in [-0.15, -0.1) is 0 Å². The molecular formula is C10H14N4O4. The van der Waals surface area contributed by atoms with Gasteiger partial charge in [0.1, 0.15) is 6.04 Å². The summed E-state index contributed by atoms with van der Waals surface area (Å²) in [5.41, 5.74) is 10.3. The van der Waals surface area contributed by atoms with Crippen molar-refractivity contribution in [3.8, 4) is 0 Å². The van der Waals surface area contributed by atoms with Crippen LogP contribution in [0.1, 0.15) is 6.42 Å². The number of hydrogen-bond donors (Lipinski definition) is 3. The molecule has 0 saturated carbocycles. The van der Waals surface area contributed by atoms with Crippen LogP contribution in [0.4, 0.5) is 0 Å². The molecule has 0 fully saturated rings. The van der Waals surface area contributed by atoms with E-state index >= 15 is 0 Å². The molecule has 1 heterocycles. The van der Waals surface area contributed by atoms with Crippen molar-refractivity contribution in [3.05, 3.63) is 12.2 Å². The largest absolute Gasteiger partial charge is 0.370 e. The molecular weight excluding hydrogens is 240 g/mol. The van der Waals surface area contributed by atoms with E-state index in [1.54, 1.807) is 0 Å². The molecule has 1 rings (SSSR count). The van der Waals surface area contributed by atoms with Crippen molar-refractivity contribution in [1.29, 1.82) is 0 Å². The predicted molar refractivity (Wildman–Crippen MR) is 60.7 cm³/mol. The molecule has 8 heteroatoms. The molecule has 0 spiro atoms. The zero-order valence-corrected chi connectivity index (χ0v) is 9.59. The number of nitrogens with two attached hydrogens (primary N) is 2. The topological polar surface area (TPSA) is 136 Å². The average molecular weight is 254 g/mol. The number of carbonyl (C=O) groups excluding carboxylic acids is 4. The van der Waals surface area contributed by atoms with Crippen LogP contribution in [0.25, 0.3) is 0 Å². The Morgan fingerprint density at radius 1 is 1.28 bits per heavy atom. The molecule has 1 atom stereocenters. The minimum atomic E-state index is -1.08. The Bertz CT molecular complexity index is 400. The Labute approximate surface area is 103 Å². The number of primary amides is 1. The summed E-state index contributed by atoms with van der Waals surface area (Å²) in [5, 5.41) is 2.39. The zero-order chi connectivity index (χ0) is 13.7. The first-order valence-electron chi connectivity index (χ1n) is 5.28. The minimum Gasteiger partial charge on any atom is -0.370 e. The summed E-state index contributed by atoms with van der Waals surface area (Å²) < 4.78 is 0. The Hall–Kier alpha value is -2.22. The number of amides is 4. The molecule has 18 heavy (non-hydrogen) atoms. The molecule has 0 saturated heterocycles. The summed E-state index contributed by atoms with van der Waals surface area (Å²) >= 11 is 0. The Balaban J connectivity index is 2.60. The lowest BCUT2D eigenvalue weighted by Gasteiger charge is -2.23. The number of imide groups is 1. The second kappa shape index (κ2) is 5.92. The van der Waals surface area contributed by atoms with E-state index in [4.69, 9.17) is 11.5 Å². The lowest BCUT2D eigenvalue weighted by Crippen LogP contribution is -2.53. The van der Waals surface area contributed by atoms with Crippen molar-refractivity contribution in [1.82, 2.24) is 10.2 Å². The van der Waals surface area contributed by atoms with Crippen LogP contribution in [0.3, 0.4) is 0 Å². The molecule has 4 amide bonds. The molecule has 8 nitrogen and oxygen atoms in total. The van der Waals surface area contributed by atoms with Gasteiger partial charge in [-0.3, -0.25) is 24.1 Å². The summed E-state index contributed by atoms with van der Waals surface area (Å²) in [6.07, 6.45) is 2.12. The SMILES string of the molecule is NCC(C(=O)NCCC(N)=O)N1C(=O)C=CC1=O. The molecule has 1 unspecified atom stereocenters. The van der Waals surface area contributed by atoms with Crippen molar-refractivity contribution in [2.45, 2.75) is 12.5 Å². The third kappa shape index (κ3) is 3.14. The summed E-state index contributed by atoms with van der Waals surface area (Å²) in [6.45, 7) is -0.157. The summed E-state index contributed by atoms with van der Waals surface area (Å²) in [6, 6.07) is -1.08. The van der Waals surface area contributed by atoms with Crippen LogP contribution in [0.2, 0.25) is 0 Å². The van der Waals surface area contributed by atoms with Crippen molar-refractivity contribution in [2.24, 2.45) is 11.5 Å². The first-order valence-corrected chi connectivity index (χ1v) is 5.28. The van der Waals surface area contributed by atoms with Crippen molar-refractivity contribution in [3.63, 3.8) is 0 Å².